The minimum absolute atomic E-state index is 0.133. The maximum Gasteiger partial charge on any atom is 0.231 e. The van der Waals surface area contributed by atoms with Crippen molar-refractivity contribution < 1.29 is 19.0 Å². The predicted molar refractivity (Wildman–Crippen MR) is 121 cm³/mol. The zero-order chi connectivity index (χ0) is 21.5. The van der Waals surface area contributed by atoms with Crippen LogP contribution in [0.2, 0.25) is 0 Å². The van der Waals surface area contributed by atoms with E-state index in [-0.39, 0.29) is 18.5 Å². The monoisotopic (exact) mass is 425 g/mol. The molecule has 0 spiro atoms. The third kappa shape index (κ3) is 3.30. The molecule has 6 rings (SSSR count). The number of ketones is 1. The van der Waals surface area contributed by atoms with E-state index in [1.54, 1.807) is 0 Å². The molecule has 0 saturated heterocycles. The first-order chi connectivity index (χ1) is 15.8. The number of nitrogens with one attached hydrogen (secondary N) is 1. The Balaban J connectivity index is 1.35. The Kier molecular flexibility index (Phi) is 4.60. The van der Waals surface area contributed by atoms with Crippen molar-refractivity contribution in [3.8, 4) is 17.2 Å². The zero-order valence-electron chi connectivity index (χ0n) is 17.6. The highest BCUT2D eigenvalue weighted by molar-refractivity contribution is 6.01. The van der Waals surface area contributed by atoms with Gasteiger partial charge < -0.3 is 19.5 Å². The molecule has 5 heteroatoms. The number of benzene rings is 3. The van der Waals surface area contributed by atoms with Gasteiger partial charge in [-0.3, -0.25) is 4.79 Å². The summed E-state index contributed by atoms with van der Waals surface area (Å²) in [5.41, 5.74) is 6.13. The van der Waals surface area contributed by atoms with Gasteiger partial charge in [-0.25, -0.2) is 0 Å². The summed E-state index contributed by atoms with van der Waals surface area (Å²) < 4.78 is 17.2. The minimum Gasteiger partial charge on any atom is -0.489 e. The Hall–Kier alpha value is -3.73. The van der Waals surface area contributed by atoms with Crippen molar-refractivity contribution in [1.82, 2.24) is 0 Å². The molecule has 0 saturated carbocycles. The summed E-state index contributed by atoms with van der Waals surface area (Å²) in [5, 5.41) is 3.51. The molecule has 32 heavy (non-hydrogen) atoms. The molecule has 0 bridgehead atoms. The van der Waals surface area contributed by atoms with Crippen molar-refractivity contribution in [2.75, 3.05) is 12.1 Å². The van der Waals surface area contributed by atoms with Crippen LogP contribution in [0.1, 0.15) is 41.9 Å². The fourth-order valence-electron chi connectivity index (χ4n) is 4.79. The van der Waals surface area contributed by atoms with Crippen molar-refractivity contribution in [2.45, 2.75) is 31.8 Å². The number of carbonyl (C=O) groups is 1. The van der Waals surface area contributed by atoms with Gasteiger partial charge in [-0.05, 0) is 47.7 Å². The van der Waals surface area contributed by atoms with Crippen LogP contribution in [0.15, 0.2) is 78.0 Å². The van der Waals surface area contributed by atoms with Gasteiger partial charge in [0.25, 0.3) is 0 Å². The van der Waals surface area contributed by atoms with E-state index in [1.807, 2.05) is 54.6 Å². The number of anilines is 1. The van der Waals surface area contributed by atoms with E-state index >= 15 is 0 Å². The Morgan fingerprint density at radius 2 is 1.72 bits per heavy atom. The maximum absolute atomic E-state index is 13.0. The molecule has 0 radical (unpaired) electrons. The van der Waals surface area contributed by atoms with Crippen LogP contribution in [-0.4, -0.2) is 12.6 Å². The third-order valence-corrected chi connectivity index (χ3v) is 6.35. The zero-order valence-corrected chi connectivity index (χ0v) is 17.6. The summed E-state index contributed by atoms with van der Waals surface area (Å²) in [6, 6.07) is 22.2. The van der Waals surface area contributed by atoms with E-state index in [1.165, 1.54) is 0 Å². The molecule has 1 atom stereocenters. The summed E-state index contributed by atoms with van der Waals surface area (Å²) in [5.74, 6) is 2.36. The van der Waals surface area contributed by atoms with Gasteiger partial charge in [-0.2, -0.15) is 0 Å². The highest BCUT2D eigenvalue weighted by Gasteiger charge is 2.36. The number of fused-ring (bicyclic) bond motifs is 2. The average Bonchev–Trinajstić information content (AvgIpc) is 3.29. The first kappa shape index (κ1) is 19.0. The number of carbonyl (C=O) groups excluding carboxylic acids is 1. The molecule has 0 unspecified atom stereocenters. The van der Waals surface area contributed by atoms with Crippen LogP contribution in [-0.2, 0) is 11.4 Å². The molecule has 5 nitrogen and oxygen atoms in total. The summed E-state index contributed by atoms with van der Waals surface area (Å²) in [4.78, 5) is 13.0. The van der Waals surface area contributed by atoms with E-state index in [2.05, 4.69) is 17.4 Å². The maximum atomic E-state index is 13.0. The number of Topliss-reactive ketones (excluding diaryl/α,β-unsaturated/α-hetero) is 1. The fourth-order valence-corrected chi connectivity index (χ4v) is 4.79. The van der Waals surface area contributed by atoms with Crippen LogP contribution in [0.3, 0.4) is 0 Å². The van der Waals surface area contributed by atoms with E-state index < -0.39 is 0 Å². The fraction of sp³-hybridized carbons (Fsp3) is 0.222. The molecule has 160 valence electrons. The SMILES string of the molecule is O=C1CCCC2=C1[C@H](c1ccc(OCc3ccccc3)cc1)c1cc3c(cc1N2)OCO3. The first-order valence-corrected chi connectivity index (χ1v) is 11.0. The van der Waals surface area contributed by atoms with Gasteiger partial charge in [-0.1, -0.05) is 42.5 Å². The standard InChI is InChI=1S/C27H23NO4/c29-23-8-4-7-21-27(23)26(20-13-24-25(32-16-31-24)14-22(20)28-21)18-9-11-19(12-10-18)30-15-17-5-2-1-3-6-17/h1-3,5-6,9-14,26,28H,4,7-8,15-16H2/t26-/m1/s1. The smallest absolute Gasteiger partial charge is 0.231 e. The summed E-state index contributed by atoms with van der Waals surface area (Å²) in [6.07, 6.45) is 2.35. The van der Waals surface area contributed by atoms with Gasteiger partial charge in [0.15, 0.2) is 17.3 Å². The Morgan fingerprint density at radius 1 is 0.938 bits per heavy atom. The molecule has 0 amide bonds. The molecule has 3 aromatic rings. The molecule has 0 fully saturated rings. The second kappa shape index (κ2) is 7.75. The molecule has 1 N–H and O–H groups in total. The molecule has 1 aliphatic carbocycles. The second-order valence-corrected chi connectivity index (χ2v) is 8.36. The van der Waals surface area contributed by atoms with E-state index in [9.17, 15) is 4.79 Å². The Morgan fingerprint density at radius 3 is 2.53 bits per heavy atom. The van der Waals surface area contributed by atoms with Crippen molar-refractivity contribution in [3.63, 3.8) is 0 Å². The van der Waals surface area contributed by atoms with Gasteiger partial charge >= 0.3 is 0 Å². The largest absolute Gasteiger partial charge is 0.489 e. The van der Waals surface area contributed by atoms with E-state index in [4.69, 9.17) is 14.2 Å². The van der Waals surface area contributed by atoms with Crippen LogP contribution in [0.25, 0.3) is 0 Å². The lowest BCUT2D eigenvalue weighted by molar-refractivity contribution is -0.116. The second-order valence-electron chi connectivity index (χ2n) is 8.36. The molecule has 0 aromatic heterocycles. The average molecular weight is 425 g/mol. The molecule has 2 heterocycles. The molecule has 3 aromatic carbocycles. The van der Waals surface area contributed by atoms with Crippen molar-refractivity contribution in [2.24, 2.45) is 0 Å². The number of allylic oxidation sites excluding steroid dienone is 2. The highest BCUT2D eigenvalue weighted by atomic mass is 16.7. The van der Waals surface area contributed by atoms with Gasteiger partial charge in [0, 0.05) is 35.4 Å². The van der Waals surface area contributed by atoms with Crippen LogP contribution < -0.4 is 19.5 Å². The van der Waals surface area contributed by atoms with Crippen LogP contribution >= 0.6 is 0 Å². The summed E-state index contributed by atoms with van der Waals surface area (Å²) >= 11 is 0. The normalized spacial score (nSPS) is 18.6. The lowest BCUT2D eigenvalue weighted by Gasteiger charge is -2.34. The number of hydrogen-bond acceptors (Lipinski definition) is 5. The van der Waals surface area contributed by atoms with Crippen LogP contribution in [0.5, 0.6) is 17.2 Å². The van der Waals surface area contributed by atoms with Crippen molar-refractivity contribution in [3.05, 3.63) is 94.7 Å². The summed E-state index contributed by atoms with van der Waals surface area (Å²) in [6.45, 7) is 0.746. The van der Waals surface area contributed by atoms with E-state index in [0.717, 1.165) is 63.7 Å². The molecule has 2 aliphatic heterocycles. The summed E-state index contributed by atoms with van der Waals surface area (Å²) in [7, 11) is 0. The van der Waals surface area contributed by atoms with Crippen LogP contribution in [0, 0.1) is 0 Å². The molecular weight excluding hydrogens is 402 g/mol. The number of rotatable bonds is 4. The van der Waals surface area contributed by atoms with Crippen molar-refractivity contribution >= 4 is 11.5 Å². The van der Waals surface area contributed by atoms with E-state index in [0.29, 0.717) is 13.0 Å². The lowest BCUT2D eigenvalue weighted by Crippen LogP contribution is -2.26. The topological polar surface area (TPSA) is 56.8 Å². The highest BCUT2D eigenvalue weighted by Crippen LogP contribution is 2.49. The molecular formula is C27H23NO4. The third-order valence-electron chi connectivity index (χ3n) is 6.35. The van der Waals surface area contributed by atoms with Crippen LogP contribution in [0.4, 0.5) is 5.69 Å². The van der Waals surface area contributed by atoms with Gasteiger partial charge in [0.05, 0.1) is 0 Å². The van der Waals surface area contributed by atoms with Gasteiger partial charge in [0.1, 0.15) is 12.4 Å². The first-order valence-electron chi connectivity index (χ1n) is 11.0. The van der Waals surface area contributed by atoms with Gasteiger partial charge in [-0.15, -0.1) is 0 Å². The van der Waals surface area contributed by atoms with Crippen molar-refractivity contribution in [1.29, 1.82) is 0 Å². The molecule has 3 aliphatic rings. The number of hydrogen-bond donors (Lipinski definition) is 1. The Bertz CT molecular complexity index is 1210. The quantitative estimate of drug-likeness (QED) is 0.593. The van der Waals surface area contributed by atoms with Gasteiger partial charge in [0.2, 0.25) is 6.79 Å². The predicted octanol–water partition coefficient (Wildman–Crippen LogP) is 5.56. The minimum atomic E-state index is -0.133. The Labute approximate surface area is 186 Å². The lowest BCUT2D eigenvalue weighted by atomic mass is 9.75. The number of ether oxygens (including phenoxy) is 3.